The summed E-state index contributed by atoms with van der Waals surface area (Å²) in [5.41, 5.74) is -0.498. The maximum atomic E-state index is 12.2. The van der Waals surface area contributed by atoms with Crippen molar-refractivity contribution in [2.45, 2.75) is 31.1 Å². The van der Waals surface area contributed by atoms with E-state index < -0.39 is 27.2 Å². The topological polar surface area (TPSA) is 82.0 Å². The van der Waals surface area contributed by atoms with Crippen molar-refractivity contribution in [1.29, 1.82) is 5.26 Å². The van der Waals surface area contributed by atoms with Gasteiger partial charge in [-0.1, -0.05) is 18.2 Å². The van der Waals surface area contributed by atoms with Crippen molar-refractivity contribution in [2.75, 3.05) is 5.32 Å². The van der Waals surface area contributed by atoms with Crippen molar-refractivity contribution in [3.05, 3.63) is 29.8 Å². The average molecular weight is 277 g/mol. The number of amides is 1. The first kappa shape index (κ1) is 13.7. The minimum absolute atomic E-state index is 0.492. The third kappa shape index (κ3) is 2.15. The summed E-state index contributed by atoms with van der Waals surface area (Å²) in [5, 5.41) is 12.1. The highest BCUT2D eigenvalue weighted by Crippen LogP contribution is 2.36. The average Bonchev–Trinajstić information content (AvgIpc) is 2.61. The smallest absolute Gasteiger partial charge is 0.265 e. The molecule has 0 bridgehead atoms. The van der Waals surface area contributed by atoms with Crippen LogP contribution in [0.5, 0.6) is 0 Å². The second kappa shape index (κ2) is 4.44. The van der Waals surface area contributed by atoms with Crippen LogP contribution in [-0.2, 0) is 21.3 Å². The van der Waals surface area contributed by atoms with Crippen molar-refractivity contribution >= 4 is 22.6 Å². The van der Waals surface area contributed by atoms with Gasteiger partial charge in [0.2, 0.25) is 5.54 Å². The second-order valence-corrected chi connectivity index (χ2v) is 7.31. The van der Waals surface area contributed by atoms with E-state index in [1.807, 2.05) is 6.07 Å². The number of nitrogens with one attached hydrogen (secondary N) is 2. The summed E-state index contributed by atoms with van der Waals surface area (Å²) < 4.78 is 14.3. The number of para-hydroxylation sites is 1. The Kier molecular flexibility index (Phi) is 3.20. The quantitative estimate of drug-likeness (QED) is 0.857. The Balaban J connectivity index is 2.48. The van der Waals surface area contributed by atoms with E-state index in [4.69, 9.17) is 0 Å². The summed E-state index contributed by atoms with van der Waals surface area (Å²) in [6, 6.07) is 8.88. The molecule has 2 N–H and O–H groups in total. The minimum Gasteiger partial charge on any atom is -0.323 e. The predicted octanol–water partition coefficient (Wildman–Crippen LogP) is 1.41. The van der Waals surface area contributed by atoms with Gasteiger partial charge in [0.25, 0.3) is 5.91 Å². The molecule has 0 unspecified atom stereocenters. The van der Waals surface area contributed by atoms with Crippen molar-refractivity contribution in [3.63, 3.8) is 0 Å². The van der Waals surface area contributed by atoms with Gasteiger partial charge in [0, 0.05) is 11.3 Å². The Bertz CT molecular complexity index is 601. The first-order valence-corrected chi connectivity index (χ1v) is 6.98. The van der Waals surface area contributed by atoms with Crippen LogP contribution in [-0.4, -0.2) is 14.9 Å². The zero-order chi connectivity index (χ0) is 14.3. The van der Waals surface area contributed by atoms with Gasteiger partial charge in [-0.15, -0.1) is 0 Å². The Hall–Kier alpha value is -1.71. The van der Waals surface area contributed by atoms with E-state index in [9.17, 15) is 14.3 Å². The van der Waals surface area contributed by atoms with Crippen LogP contribution in [0.3, 0.4) is 0 Å². The second-order valence-electron chi connectivity index (χ2n) is 5.34. The third-order valence-corrected chi connectivity index (χ3v) is 4.49. The lowest BCUT2D eigenvalue weighted by molar-refractivity contribution is -0.119. The molecule has 1 aliphatic heterocycles. The largest absolute Gasteiger partial charge is 0.323 e. The van der Waals surface area contributed by atoms with Gasteiger partial charge < -0.3 is 5.32 Å². The number of carbonyl (C=O) groups excluding carboxylic acids is 1. The Morgan fingerprint density at radius 3 is 2.58 bits per heavy atom. The highest BCUT2D eigenvalue weighted by atomic mass is 32.2. The van der Waals surface area contributed by atoms with Gasteiger partial charge in [0.1, 0.15) is 6.07 Å². The van der Waals surface area contributed by atoms with Gasteiger partial charge in [0.05, 0.1) is 15.7 Å². The SMILES string of the molecule is CC(C)(C)[S@@](=O)N[C@@]1(C#N)C(=O)Nc2ccccc21. The van der Waals surface area contributed by atoms with Gasteiger partial charge in [0.15, 0.2) is 0 Å². The molecule has 0 spiro atoms. The summed E-state index contributed by atoms with van der Waals surface area (Å²) >= 11 is 0. The van der Waals surface area contributed by atoms with Gasteiger partial charge >= 0.3 is 0 Å². The molecule has 1 amide bonds. The van der Waals surface area contributed by atoms with Gasteiger partial charge in [-0.2, -0.15) is 5.26 Å². The lowest BCUT2D eigenvalue weighted by atomic mass is 9.94. The van der Waals surface area contributed by atoms with Gasteiger partial charge in [-0.25, -0.2) is 8.93 Å². The maximum Gasteiger partial charge on any atom is 0.265 e. The summed E-state index contributed by atoms with van der Waals surface area (Å²) in [6.07, 6.45) is 0. The predicted molar refractivity (Wildman–Crippen MR) is 73.4 cm³/mol. The van der Waals surface area contributed by atoms with Gasteiger partial charge in [-0.3, -0.25) is 4.79 Å². The number of anilines is 1. The summed E-state index contributed by atoms with van der Waals surface area (Å²) in [4.78, 5) is 12.1. The summed E-state index contributed by atoms with van der Waals surface area (Å²) in [5.74, 6) is -0.492. The van der Waals surface area contributed by atoms with Crippen molar-refractivity contribution in [1.82, 2.24) is 4.72 Å². The van der Waals surface area contributed by atoms with E-state index in [1.165, 1.54) is 0 Å². The first-order chi connectivity index (χ1) is 8.81. The maximum absolute atomic E-state index is 12.2. The van der Waals surface area contributed by atoms with E-state index in [1.54, 1.807) is 45.0 Å². The molecule has 6 heteroatoms. The molecular formula is C13H15N3O2S. The normalized spacial score (nSPS) is 23.4. The molecule has 1 aromatic rings. The number of nitriles is 1. The van der Waals surface area contributed by atoms with E-state index in [0.717, 1.165) is 0 Å². The number of carbonyl (C=O) groups is 1. The molecule has 0 fully saturated rings. The van der Waals surface area contributed by atoms with E-state index >= 15 is 0 Å². The summed E-state index contributed by atoms with van der Waals surface area (Å²) in [6.45, 7) is 5.33. The van der Waals surface area contributed by atoms with E-state index in [0.29, 0.717) is 11.3 Å². The number of fused-ring (bicyclic) bond motifs is 1. The van der Waals surface area contributed by atoms with Crippen LogP contribution in [0.25, 0.3) is 0 Å². The number of rotatable bonds is 2. The molecule has 2 rings (SSSR count). The molecule has 0 saturated heterocycles. The monoisotopic (exact) mass is 277 g/mol. The lowest BCUT2D eigenvalue weighted by Crippen LogP contribution is -2.51. The molecule has 19 heavy (non-hydrogen) atoms. The Labute approximate surface area is 114 Å². The molecule has 0 aliphatic carbocycles. The highest BCUT2D eigenvalue weighted by Gasteiger charge is 2.49. The number of hydrogen-bond donors (Lipinski definition) is 2. The number of nitrogens with zero attached hydrogens (tertiary/aromatic N) is 1. The molecule has 0 aromatic heterocycles. The molecular weight excluding hydrogens is 262 g/mol. The Morgan fingerprint density at radius 1 is 1.37 bits per heavy atom. The zero-order valence-electron chi connectivity index (χ0n) is 11.0. The molecule has 2 atom stereocenters. The Morgan fingerprint density at radius 2 is 2.00 bits per heavy atom. The number of benzene rings is 1. The number of hydrogen-bond acceptors (Lipinski definition) is 3. The van der Waals surface area contributed by atoms with Crippen LogP contribution in [0.15, 0.2) is 24.3 Å². The molecule has 5 nitrogen and oxygen atoms in total. The van der Waals surface area contributed by atoms with Crippen LogP contribution in [0, 0.1) is 11.3 Å². The fourth-order valence-corrected chi connectivity index (χ4v) is 2.62. The standard InChI is InChI=1S/C13H15N3O2S/c1-12(2,3)19(18)16-13(8-14)9-6-4-5-7-10(9)15-11(13)17/h4-7,16H,1-3H3,(H,15,17)/t13-,19-/m1/s1. The van der Waals surface area contributed by atoms with Crippen molar-refractivity contribution in [2.24, 2.45) is 0 Å². The highest BCUT2D eigenvalue weighted by molar-refractivity contribution is 7.84. The van der Waals surface area contributed by atoms with Crippen molar-refractivity contribution in [3.8, 4) is 6.07 Å². The molecule has 1 heterocycles. The molecule has 100 valence electrons. The summed E-state index contributed by atoms with van der Waals surface area (Å²) in [7, 11) is -1.53. The third-order valence-electron chi connectivity index (χ3n) is 2.89. The van der Waals surface area contributed by atoms with E-state index in [2.05, 4.69) is 10.0 Å². The van der Waals surface area contributed by atoms with Crippen LogP contribution in [0.4, 0.5) is 5.69 Å². The van der Waals surface area contributed by atoms with Gasteiger partial charge in [-0.05, 0) is 26.8 Å². The van der Waals surface area contributed by atoms with Crippen LogP contribution < -0.4 is 10.0 Å². The van der Waals surface area contributed by atoms with Crippen molar-refractivity contribution < 1.29 is 9.00 Å². The minimum atomic E-state index is -1.59. The van der Waals surface area contributed by atoms with Crippen LogP contribution >= 0.6 is 0 Å². The first-order valence-electron chi connectivity index (χ1n) is 5.83. The van der Waals surface area contributed by atoms with Crippen LogP contribution in [0.1, 0.15) is 26.3 Å². The fraction of sp³-hybridized carbons (Fsp3) is 0.385. The molecule has 0 radical (unpaired) electrons. The lowest BCUT2D eigenvalue weighted by Gasteiger charge is -2.25. The molecule has 0 saturated carbocycles. The fourth-order valence-electron chi connectivity index (χ4n) is 1.78. The van der Waals surface area contributed by atoms with Crippen LogP contribution in [0.2, 0.25) is 0 Å². The van der Waals surface area contributed by atoms with E-state index in [-0.39, 0.29) is 0 Å². The zero-order valence-corrected chi connectivity index (χ0v) is 11.8. The molecule has 1 aromatic carbocycles. The molecule has 1 aliphatic rings.